The van der Waals surface area contributed by atoms with Crippen LogP contribution < -0.4 is 5.32 Å². The van der Waals surface area contributed by atoms with Gasteiger partial charge < -0.3 is 20.0 Å². The summed E-state index contributed by atoms with van der Waals surface area (Å²) in [6.07, 6.45) is -4.38. The van der Waals surface area contributed by atoms with Gasteiger partial charge >= 0.3 is 12.1 Å². The van der Waals surface area contributed by atoms with Crippen LogP contribution in [0.3, 0.4) is 0 Å². The lowest BCUT2D eigenvalue weighted by Crippen LogP contribution is -2.39. The van der Waals surface area contributed by atoms with Gasteiger partial charge in [0, 0.05) is 12.1 Å². The lowest BCUT2D eigenvalue weighted by molar-refractivity contribution is -0.289. The first-order chi connectivity index (χ1) is 17.1. The van der Waals surface area contributed by atoms with E-state index in [1.54, 1.807) is 12.1 Å². The van der Waals surface area contributed by atoms with Crippen molar-refractivity contribution in [3.05, 3.63) is 65.0 Å². The summed E-state index contributed by atoms with van der Waals surface area (Å²) >= 11 is 0. The summed E-state index contributed by atoms with van der Waals surface area (Å²) < 4.78 is 76.5. The molecule has 0 aliphatic carbocycles. The van der Waals surface area contributed by atoms with Crippen LogP contribution in [0.2, 0.25) is 0 Å². The summed E-state index contributed by atoms with van der Waals surface area (Å²) in [5, 5.41) is 20.5. The Bertz CT molecular complexity index is 1010. The molecule has 2 N–H and O–H groups in total. The predicted octanol–water partition coefficient (Wildman–Crippen LogP) is 5.86. The largest absolute Gasteiger partial charge is 0.458 e. The van der Waals surface area contributed by atoms with Crippen LogP contribution in [0.15, 0.2) is 42.5 Å². The molecule has 0 aliphatic heterocycles. The topological polar surface area (TPSA) is 107 Å². The van der Waals surface area contributed by atoms with E-state index in [1.165, 1.54) is 25.1 Å². The molecule has 2 aromatic carbocycles. The molecule has 2 aromatic rings. The zero-order chi connectivity index (χ0) is 29.4. The summed E-state index contributed by atoms with van der Waals surface area (Å²) in [7, 11) is 0. The van der Waals surface area contributed by atoms with E-state index in [2.05, 4.69) is 0 Å². The number of amides is 1. The summed E-state index contributed by atoms with van der Waals surface area (Å²) in [6.45, 7) is 8.39. The third-order valence-corrected chi connectivity index (χ3v) is 4.45. The molecule has 37 heavy (non-hydrogen) atoms. The highest BCUT2D eigenvalue weighted by atomic mass is 19.4. The second-order valence-electron chi connectivity index (χ2n) is 7.40. The van der Waals surface area contributed by atoms with Crippen LogP contribution in [0.1, 0.15) is 50.3 Å². The first-order valence-corrected chi connectivity index (χ1v) is 10.5. The van der Waals surface area contributed by atoms with E-state index < -0.39 is 34.7 Å². The molecular weight excluding hydrogens is 506 g/mol. The van der Waals surface area contributed by atoms with Crippen LogP contribution in [0.4, 0.5) is 32.0 Å². The van der Waals surface area contributed by atoms with E-state index in [0.29, 0.717) is 12.5 Å². The summed E-state index contributed by atoms with van der Waals surface area (Å²) in [4.78, 5) is 28.9. The van der Waals surface area contributed by atoms with Crippen molar-refractivity contribution in [1.82, 2.24) is 0 Å². The fourth-order valence-corrected chi connectivity index (χ4v) is 2.09. The first kappa shape index (κ1) is 35.4. The minimum Gasteiger partial charge on any atom is -0.380 e. The van der Waals surface area contributed by atoms with Crippen molar-refractivity contribution in [3.63, 3.8) is 0 Å². The lowest BCUT2D eigenvalue weighted by Gasteiger charge is -2.23. The van der Waals surface area contributed by atoms with Crippen molar-refractivity contribution < 1.29 is 45.8 Å². The molecule has 0 saturated carbocycles. The van der Waals surface area contributed by atoms with Gasteiger partial charge in [0.2, 0.25) is 0 Å². The van der Waals surface area contributed by atoms with E-state index in [-0.39, 0.29) is 17.9 Å². The van der Waals surface area contributed by atoms with Crippen molar-refractivity contribution >= 4 is 24.7 Å². The second kappa shape index (κ2) is 16.1. The minimum atomic E-state index is -5.89. The van der Waals surface area contributed by atoms with Crippen molar-refractivity contribution in [2.75, 3.05) is 5.32 Å². The summed E-state index contributed by atoms with van der Waals surface area (Å²) in [5.41, 5.74) is -3.55. The number of hydrogen-bond donors (Lipinski definition) is 2. The van der Waals surface area contributed by atoms with Gasteiger partial charge in [-0.1, -0.05) is 31.5 Å². The molecular formula is C25H28F6N2O4. The molecule has 204 valence electrons. The van der Waals surface area contributed by atoms with Crippen molar-refractivity contribution in [1.29, 1.82) is 5.26 Å². The molecule has 0 heterocycles. The molecule has 0 radical (unpaired) electrons. The fourth-order valence-electron chi connectivity index (χ4n) is 2.09. The number of nitriles is 1. The molecule has 2 rings (SSSR count). The van der Waals surface area contributed by atoms with E-state index >= 15 is 0 Å². The van der Waals surface area contributed by atoms with Crippen LogP contribution in [-0.2, 0) is 20.3 Å². The number of carbonyl (C=O) groups excluding carboxylic acids is 3. The smallest absolute Gasteiger partial charge is 0.380 e. The van der Waals surface area contributed by atoms with Gasteiger partial charge in [-0.15, -0.1) is 0 Å². The van der Waals surface area contributed by atoms with Gasteiger partial charge in [0.15, 0.2) is 0 Å². The lowest BCUT2D eigenvalue weighted by atomic mass is 9.99. The third-order valence-electron chi connectivity index (χ3n) is 4.45. The summed E-state index contributed by atoms with van der Waals surface area (Å²) in [6, 6.07) is 9.76. The van der Waals surface area contributed by atoms with Gasteiger partial charge in [-0.3, -0.25) is 4.79 Å². The number of hydrogen-bond acceptors (Lipinski definition) is 5. The van der Waals surface area contributed by atoms with Gasteiger partial charge in [-0.25, -0.2) is 4.39 Å². The molecule has 0 saturated heterocycles. The van der Waals surface area contributed by atoms with Crippen molar-refractivity contribution in [3.8, 4) is 6.07 Å². The second-order valence-corrected chi connectivity index (χ2v) is 7.40. The van der Waals surface area contributed by atoms with Gasteiger partial charge in [0.1, 0.15) is 24.5 Å². The number of rotatable bonds is 5. The Morgan fingerprint density at radius 2 is 1.57 bits per heavy atom. The average molecular weight is 534 g/mol. The number of aliphatic hydroxyl groups is 1. The maximum atomic E-state index is 13.5. The minimum absolute atomic E-state index is 0.000675. The van der Waals surface area contributed by atoms with Gasteiger partial charge in [-0.2, -0.15) is 27.2 Å². The maximum Gasteiger partial charge on any atom is 0.458 e. The molecule has 12 heteroatoms. The highest BCUT2D eigenvalue weighted by Crippen LogP contribution is 2.45. The zero-order valence-corrected chi connectivity index (χ0v) is 20.6. The Labute approximate surface area is 210 Å². The highest BCUT2D eigenvalue weighted by molar-refractivity contribution is 5.96. The normalized spacial score (nSPS) is 11.9. The number of aldehydes is 1. The van der Waals surface area contributed by atoms with Crippen molar-refractivity contribution in [2.45, 2.75) is 58.2 Å². The van der Waals surface area contributed by atoms with Crippen LogP contribution >= 0.6 is 0 Å². The van der Waals surface area contributed by atoms with E-state index in [9.17, 15) is 41.0 Å². The first-order valence-electron chi connectivity index (χ1n) is 10.5. The van der Waals surface area contributed by atoms with Crippen LogP contribution in [0.25, 0.3) is 0 Å². The molecule has 1 unspecified atom stereocenters. The van der Waals surface area contributed by atoms with E-state index in [0.717, 1.165) is 30.9 Å². The number of anilines is 1. The molecule has 0 aliphatic rings. The number of nitrogens with zero attached hydrogens (tertiary/aromatic N) is 1. The van der Waals surface area contributed by atoms with E-state index in [1.807, 2.05) is 26.0 Å². The Balaban J connectivity index is 0. The molecule has 0 aromatic heterocycles. The zero-order valence-electron chi connectivity index (χ0n) is 20.6. The van der Waals surface area contributed by atoms with Gasteiger partial charge in [0.05, 0.1) is 17.2 Å². The Kier molecular flexibility index (Phi) is 15.4. The molecule has 0 bridgehead atoms. The number of nitrogens with one attached hydrogen (secondary N) is 1. The Morgan fingerprint density at radius 1 is 1.08 bits per heavy atom. The highest BCUT2D eigenvalue weighted by Gasteiger charge is 2.59. The predicted molar refractivity (Wildman–Crippen MR) is 125 cm³/mol. The molecule has 0 spiro atoms. The molecule has 1 amide bonds. The van der Waals surface area contributed by atoms with Crippen LogP contribution in [-0.4, -0.2) is 35.9 Å². The standard InChI is InChI=1S/C14H13F5N2O2.C7H7F.C3H6O.CH2O/c1-3-12(2,23)11(22)21-9-5-4-8(7-20)10(6-9)13(15,16)14(17,18)19;1-6-2-4-7(8)5-3-6;1-2-3-4;1-2/h4-6,23H,3H2,1-2H3,(H,21,22);2-5H,1H3;3H,2H2,1H3;1H2. The van der Waals surface area contributed by atoms with Gasteiger partial charge in [0.25, 0.3) is 5.91 Å². The Morgan fingerprint density at radius 3 is 1.92 bits per heavy atom. The molecule has 1 atom stereocenters. The number of alkyl halides is 5. The van der Waals surface area contributed by atoms with Crippen LogP contribution in [0, 0.1) is 24.1 Å². The number of carbonyl (C=O) groups is 3. The maximum absolute atomic E-state index is 13.5. The Hall–Kier alpha value is -3.72. The van der Waals surface area contributed by atoms with E-state index in [4.69, 9.17) is 10.1 Å². The quantitative estimate of drug-likeness (QED) is 0.369. The number of aryl methyl sites for hydroxylation is 1. The molecule has 6 nitrogen and oxygen atoms in total. The average Bonchev–Trinajstić information content (AvgIpc) is 2.86. The van der Waals surface area contributed by atoms with Crippen LogP contribution in [0.5, 0.6) is 0 Å². The third kappa shape index (κ3) is 11.7. The number of halogens is 6. The fraction of sp³-hybridized carbons (Fsp3) is 0.360. The van der Waals surface area contributed by atoms with Gasteiger partial charge in [-0.05, 0) is 50.6 Å². The summed E-state index contributed by atoms with van der Waals surface area (Å²) in [5.74, 6) is -6.40. The number of benzene rings is 2. The van der Waals surface area contributed by atoms with Crippen molar-refractivity contribution in [2.24, 2.45) is 0 Å². The monoisotopic (exact) mass is 534 g/mol. The SMILES string of the molecule is C=O.CCC(C)(O)C(=O)Nc1ccc(C#N)c(C(F)(F)C(F)(F)F)c1.CCC=O.Cc1ccc(F)cc1. The molecule has 0 fully saturated rings.